The lowest BCUT2D eigenvalue weighted by molar-refractivity contribution is 0.0601. The maximum absolute atomic E-state index is 12.1. The second-order valence-electron chi connectivity index (χ2n) is 4.36. The Morgan fingerprint density at radius 3 is 2.67 bits per heavy atom. The molecule has 0 fully saturated rings. The fourth-order valence-electron chi connectivity index (χ4n) is 1.83. The van der Waals surface area contributed by atoms with Crippen LogP contribution in [0.4, 0.5) is 5.00 Å². The van der Waals surface area contributed by atoms with E-state index in [2.05, 4.69) is 10.3 Å². The Labute approximate surface area is 124 Å². The molecule has 2 heterocycles. The normalized spacial score (nSPS) is 10.2. The minimum atomic E-state index is -0.566. The average Bonchev–Trinajstić information content (AvgIpc) is 2.73. The molecule has 0 bridgehead atoms. The van der Waals surface area contributed by atoms with Crippen LogP contribution in [-0.2, 0) is 4.74 Å². The molecule has 0 aliphatic heterocycles. The van der Waals surface area contributed by atoms with Crippen LogP contribution in [-0.4, -0.2) is 24.0 Å². The van der Waals surface area contributed by atoms with Crippen molar-refractivity contribution < 1.29 is 14.3 Å². The fourth-order valence-corrected chi connectivity index (χ4v) is 2.87. The molecular formula is C14H14N2O4S. The van der Waals surface area contributed by atoms with E-state index in [4.69, 9.17) is 4.74 Å². The van der Waals surface area contributed by atoms with Crippen LogP contribution < -0.4 is 10.7 Å². The van der Waals surface area contributed by atoms with Gasteiger partial charge in [0, 0.05) is 23.3 Å². The van der Waals surface area contributed by atoms with Gasteiger partial charge in [-0.2, -0.15) is 0 Å². The molecule has 6 nitrogen and oxygen atoms in total. The molecule has 2 aromatic heterocycles. The molecule has 2 rings (SSSR count). The van der Waals surface area contributed by atoms with Crippen LogP contribution in [0.25, 0.3) is 0 Å². The monoisotopic (exact) mass is 306 g/mol. The number of hydrogen-bond donors (Lipinski definition) is 2. The van der Waals surface area contributed by atoms with Gasteiger partial charge < -0.3 is 15.0 Å². The lowest BCUT2D eigenvalue weighted by Crippen LogP contribution is -2.21. The zero-order chi connectivity index (χ0) is 15.6. The van der Waals surface area contributed by atoms with Crippen molar-refractivity contribution in [3.63, 3.8) is 0 Å². The number of ether oxygens (including phenoxy) is 1. The van der Waals surface area contributed by atoms with E-state index in [1.165, 1.54) is 36.9 Å². The van der Waals surface area contributed by atoms with Crippen LogP contribution in [0.3, 0.4) is 0 Å². The van der Waals surface area contributed by atoms with Gasteiger partial charge in [0.15, 0.2) is 5.43 Å². The summed E-state index contributed by atoms with van der Waals surface area (Å²) in [6, 6.07) is 1.26. The lowest BCUT2D eigenvalue weighted by Gasteiger charge is -2.05. The number of H-pyrrole nitrogens is 1. The number of amides is 1. The topological polar surface area (TPSA) is 88.3 Å². The number of nitrogens with one attached hydrogen (secondary N) is 2. The number of methoxy groups -OCH3 is 1. The van der Waals surface area contributed by atoms with Crippen LogP contribution in [0, 0.1) is 13.8 Å². The molecule has 0 radical (unpaired) electrons. The van der Waals surface area contributed by atoms with Gasteiger partial charge in [0.25, 0.3) is 5.91 Å². The van der Waals surface area contributed by atoms with E-state index in [-0.39, 0.29) is 5.56 Å². The number of hydrogen-bond acceptors (Lipinski definition) is 5. The number of aromatic amines is 1. The first-order valence-electron chi connectivity index (χ1n) is 6.12. The van der Waals surface area contributed by atoms with Gasteiger partial charge in [-0.1, -0.05) is 0 Å². The second-order valence-corrected chi connectivity index (χ2v) is 5.58. The fraction of sp³-hybridized carbons (Fsp3) is 0.214. The number of thiophene rings is 1. The van der Waals surface area contributed by atoms with E-state index in [1.54, 1.807) is 6.92 Å². The van der Waals surface area contributed by atoms with Crippen LogP contribution in [0.2, 0.25) is 0 Å². The van der Waals surface area contributed by atoms with Crippen LogP contribution in [0.5, 0.6) is 0 Å². The number of aromatic nitrogens is 1. The van der Waals surface area contributed by atoms with Gasteiger partial charge in [0.2, 0.25) is 0 Å². The Hall–Kier alpha value is -2.41. The summed E-state index contributed by atoms with van der Waals surface area (Å²) in [6.07, 6.45) is 2.77. The number of rotatable bonds is 3. The molecular weight excluding hydrogens is 292 g/mol. The Morgan fingerprint density at radius 1 is 1.33 bits per heavy atom. The van der Waals surface area contributed by atoms with Crippen molar-refractivity contribution in [2.75, 3.05) is 12.4 Å². The molecule has 2 aromatic rings. The van der Waals surface area contributed by atoms with Crippen molar-refractivity contribution in [3.05, 3.63) is 50.3 Å². The van der Waals surface area contributed by atoms with Gasteiger partial charge in [-0.15, -0.1) is 11.3 Å². The third-order valence-electron chi connectivity index (χ3n) is 3.07. The number of anilines is 1. The molecule has 2 N–H and O–H groups in total. The minimum absolute atomic E-state index is 0.0166. The Kier molecular flexibility index (Phi) is 4.23. The zero-order valence-electron chi connectivity index (χ0n) is 11.8. The molecule has 0 atom stereocenters. The zero-order valence-corrected chi connectivity index (χ0v) is 12.6. The summed E-state index contributed by atoms with van der Waals surface area (Å²) in [7, 11) is 1.28. The highest BCUT2D eigenvalue weighted by Crippen LogP contribution is 2.33. The van der Waals surface area contributed by atoms with Crippen molar-refractivity contribution in [3.8, 4) is 0 Å². The molecule has 1 amide bonds. The number of carbonyl (C=O) groups excluding carboxylic acids is 2. The number of esters is 1. The second kappa shape index (κ2) is 5.92. The molecule has 0 aliphatic carbocycles. The summed E-state index contributed by atoms with van der Waals surface area (Å²) in [5, 5.41) is 2.98. The predicted octanol–water partition coefficient (Wildman–Crippen LogP) is 2.09. The van der Waals surface area contributed by atoms with Crippen LogP contribution in [0.1, 0.15) is 31.2 Å². The highest BCUT2D eigenvalue weighted by molar-refractivity contribution is 7.16. The van der Waals surface area contributed by atoms with Gasteiger partial charge >= 0.3 is 5.97 Å². The van der Waals surface area contributed by atoms with Crippen LogP contribution in [0.15, 0.2) is 23.3 Å². The third kappa shape index (κ3) is 2.87. The van der Waals surface area contributed by atoms with Crippen molar-refractivity contribution in [2.45, 2.75) is 13.8 Å². The number of pyridine rings is 1. The standard InChI is InChI=1S/C14H14N2O4S/c1-7-8(2)21-13(11(7)14(19)20-3)16-12(18)9-6-15-5-4-10(9)17/h4-6H,1-3H3,(H,15,17)(H,16,18). The Bertz CT molecular complexity index is 761. The predicted molar refractivity (Wildman–Crippen MR) is 80.1 cm³/mol. The first-order chi connectivity index (χ1) is 9.95. The van der Waals surface area contributed by atoms with E-state index in [0.29, 0.717) is 10.6 Å². The van der Waals surface area contributed by atoms with Gasteiger partial charge in [-0.25, -0.2) is 4.79 Å². The van der Waals surface area contributed by atoms with Crippen LogP contribution >= 0.6 is 11.3 Å². The largest absolute Gasteiger partial charge is 0.465 e. The molecule has 0 spiro atoms. The van der Waals surface area contributed by atoms with E-state index < -0.39 is 17.3 Å². The van der Waals surface area contributed by atoms with Crippen molar-refractivity contribution in [1.29, 1.82) is 0 Å². The molecule has 0 aliphatic rings. The summed E-state index contributed by atoms with van der Waals surface area (Å²) in [4.78, 5) is 39.2. The van der Waals surface area contributed by atoms with E-state index >= 15 is 0 Å². The number of carbonyl (C=O) groups is 2. The quantitative estimate of drug-likeness (QED) is 0.850. The Balaban J connectivity index is 2.39. The summed E-state index contributed by atoms with van der Waals surface area (Å²) < 4.78 is 4.73. The summed E-state index contributed by atoms with van der Waals surface area (Å²) in [5.41, 5.74) is 0.665. The number of aryl methyl sites for hydroxylation is 1. The lowest BCUT2D eigenvalue weighted by atomic mass is 10.1. The Morgan fingerprint density at radius 2 is 2.05 bits per heavy atom. The van der Waals surface area contributed by atoms with E-state index in [0.717, 1.165) is 10.4 Å². The first-order valence-corrected chi connectivity index (χ1v) is 6.94. The smallest absolute Gasteiger partial charge is 0.341 e. The van der Waals surface area contributed by atoms with E-state index in [9.17, 15) is 14.4 Å². The molecule has 0 saturated heterocycles. The summed E-state index contributed by atoms with van der Waals surface area (Å²) in [5.74, 6) is -1.09. The molecule has 0 aromatic carbocycles. The van der Waals surface area contributed by atoms with Gasteiger partial charge in [-0.3, -0.25) is 9.59 Å². The average molecular weight is 306 g/mol. The summed E-state index contributed by atoms with van der Waals surface area (Å²) in [6.45, 7) is 3.63. The molecule has 0 saturated carbocycles. The first kappa shape index (κ1) is 15.0. The van der Waals surface area contributed by atoms with E-state index in [1.807, 2.05) is 6.92 Å². The molecule has 0 unspecified atom stereocenters. The molecule has 7 heteroatoms. The maximum atomic E-state index is 12.1. The SMILES string of the molecule is COC(=O)c1c(NC(=O)c2c[nH]ccc2=O)sc(C)c1C. The highest BCUT2D eigenvalue weighted by atomic mass is 32.1. The van der Waals surface area contributed by atoms with Gasteiger partial charge in [-0.05, 0) is 19.4 Å². The summed E-state index contributed by atoms with van der Waals surface area (Å²) >= 11 is 1.27. The molecule has 110 valence electrons. The van der Waals surface area contributed by atoms with Crippen molar-refractivity contribution in [2.24, 2.45) is 0 Å². The van der Waals surface area contributed by atoms with Gasteiger partial charge in [0.1, 0.15) is 10.6 Å². The van der Waals surface area contributed by atoms with Crippen molar-refractivity contribution in [1.82, 2.24) is 4.98 Å². The highest BCUT2D eigenvalue weighted by Gasteiger charge is 2.22. The molecule has 21 heavy (non-hydrogen) atoms. The van der Waals surface area contributed by atoms with Gasteiger partial charge in [0.05, 0.1) is 12.7 Å². The minimum Gasteiger partial charge on any atom is -0.465 e. The van der Waals surface area contributed by atoms with Crippen molar-refractivity contribution >= 4 is 28.2 Å². The maximum Gasteiger partial charge on any atom is 0.341 e. The third-order valence-corrected chi connectivity index (χ3v) is 4.19.